The van der Waals surface area contributed by atoms with Crippen LogP contribution in [0.15, 0.2) is 237 Å². The first kappa shape index (κ1) is 36.4. The van der Waals surface area contributed by atoms with Gasteiger partial charge in [0.05, 0.1) is 5.41 Å². The lowest BCUT2D eigenvalue weighted by atomic mass is 9.70. The molecule has 0 radical (unpaired) electrons. The molecule has 2 heteroatoms. The standard InChI is InChI=1S/C63H39NS/c1-2-16-46-40(14-1)15-13-23-47(46)41-28-32-43(33-29-41)64(44-34-30-42(31-35-44)55-39-61-62(53-21-4-3-17-48(53)55)54-22-8-12-27-60(54)65-61)45-36-37-52-51-20-7-11-26-58(51)63(59(52)38-45)56-24-9-5-18-49(56)50-19-6-10-25-57(50)63/h1-39H. The molecule has 0 N–H and O–H groups in total. The van der Waals surface area contributed by atoms with Gasteiger partial charge in [0.1, 0.15) is 0 Å². The van der Waals surface area contributed by atoms with Crippen LogP contribution in [-0.4, -0.2) is 0 Å². The van der Waals surface area contributed by atoms with Crippen molar-refractivity contribution in [2.75, 3.05) is 4.90 Å². The summed E-state index contributed by atoms with van der Waals surface area (Å²) in [5, 5.41) is 7.77. The zero-order valence-electron chi connectivity index (χ0n) is 35.4. The van der Waals surface area contributed by atoms with Gasteiger partial charge >= 0.3 is 0 Å². The highest BCUT2D eigenvalue weighted by Crippen LogP contribution is 2.63. The fourth-order valence-electron chi connectivity index (χ4n) is 11.6. The minimum atomic E-state index is -0.435. The molecule has 12 aromatic rings. The molecule has 0 saturated heterocycles. The van der Waals surface area contributed by atoms with E-state index in [1.807, 2.05) is 11.3 Å². The molecule has 1 nitrogen and oxygen atoms in total. The van der Waals surface area contributed by atoms with Gasteiger partial charge in [0, 0.05) is 37.2 Å². The first-order valence-corrected chi connectivity index (χ1v) is 23.3. The van der Waals surface area contributed by atoms with E-state index < -0.39 is 5.41 Å². The number of thiophene rings is 1. The molecular weight excluding hydrogens is 803 g/mol. The van der Waals surface area contributed by atoms with Crippen LogP contribution in [0.2, 0.25) is 0 Å². The summed E-state index contributed by atoms with van der Waals surface area (Å²) in [6, 6.07) is 88.3. The number of hydrogen-bond acceptors (Lipinski definition) is 2. The van der Waals surface area contributed by atoms with E-state index in [4.69, 9.17) is 0 Å². The first-order chi connectivity index (χ1) is 32.2. The van der Waals surface area contributed by atoms with Crippen LogP contribution < -0.4 is 4.90 Å². The molecule has 14 rings (SSSR count). The molecule has 1 heterocycles. The van der Waals surface area contributed by atoms with Crippen molar-refractivity contribution in [2.45, 2.75) is 5.41 Å². The van der Waals surface area contributed by atoms with Crippen molar-refractivity contribution in [3.63, 3.8) is 0 Å². The van der Waals surface area contributed by atoms with Crippen LogP contribution >= 0.6 is 11.3 Å². The molecule has 0 atom stereocenters. The second kappa shape index (κ2) is 14.0. The van der Waals surface area contributed by atoms with Crippen molar-refractivity contribution in [1.29, 1.82) is 0 Å². The number of nitrogens with zero attached hydrogens (tertiary/aromatic N) is 1. The summed E-state index contributed by atoms with van der Waals surface area (Å²) in [5.41, 5.74) is 18.4. The van der Waals surface area contributed by atoms with Gasteiger partial charge in [-0.25, -0.2) is 0 Å². The number of rotatable bonds is 5. The lowest BCUT2D eigenvalue weighted by Crippen LogP contribution is -2.26. The lowest BCUT2D eigenvalue weighted by molar-refractivity contribution is 0.793. The molecule has 2 aliphatic carbocycles. The largest absolute Gasteiger partial charge is 0.310 e. The summed E-state index contributed by atoms with van der Waals surface area (Å²) in [6.45, 7) is 0. The third kappa shape index (κ3) is 5.20. The van der Waals surface area contributed by atoms with Gasteiger partial charge in [-0.2, -0.15) is 0 Å². The molecule has 65 heavy (non-hydrogen) atoms. The summed E-state index contributed by atoms with van der Waals surface area (Å²) in [7, 11) is 0. The van der Waals surface area contributed by atoms with Crippen LogP contribution in [0, 0.1) is 0 Å². The topological polar surface area (TPSA) is 3.24 Å². The van der Waals surface area contributed by atoms with Gasteiger partial charge in [-0.05, 0) is 137 Å². The zero-order valence-corrected chi connectivity index (χ0v) is 36.2. The van der Waals surface area contributed by atoms with Crippen molar-refractivity contribution < 1.29 is 0 Å². The van der Waals surface area contributed by atoms with Crippen LogP contribution in [0.1, 0.15) is 22.3 Å². The van der Waals surface area contributed by atoms with Crippen LogP contribution in [0.4, 0.5) is 17.1 Å². The molecule has 0 fully saturated rings. The van der Waals surface area contributed by atoms with Gasteiger partial charge in [0.2, 0.25) is 0 Å². The van der Waals surface area contributed by atoms with Crippen LogP contribution in [0.25, 0.3) is 86.2 Å². The lowest BCUT2D eigenvalue weighted by Gasteiger charge is -2.32. The summed E-state index contributed by atoms with van der Waals surface area (Å²) in [4.78, 5) is 2.45. The van der Waals surface area contributed by atoms with Crippen molar-refractivity contribution in [2.24, 2.45) is 0 Å². The number of hydrogen-bond donors (Lipinski definition) is 0. The van der Waals surface area contributed by atoms with E-state index in [1.165, 1.54) is 108 Å². The molecule has 2 aliphatic rings. The fraction of sp³-hybridized carbons (Fsp3) is 0.0159. The smallest absolute Gasteiger partial charge is 0.0726 e. The predicted octanol–water partition coefficient (Wildman–Crippen LogP) is 17.5. The Bertz CT molecular complexity index is 3820. The molecule has 11 aromatic carbocycles. The van der Waals surface area contributed by atoms with Crippen molar-refractivity contribution in [3.05, 3.63) is 259 Å². The molecular formula is C63H39NS. The van der Waals surface area contributed by atoms with Gasteiger partial charge in [0.15, 0.2) is 0 Å². The van der Waals surface area contributed by atoms with E-state index in [9.17, 15) is 0 Å². The van der Waals surface area contributed by atoms with E-state index in [1.54, 1.807) is 0 Å². The van der Waals surface area contributed by atoms with Crippen molar-refractivity contribution in [3.8, 4) is 44.5 Å². The Labute approximate surface area is 381 Å². The van der Waals surface area contributed by atoms with Gasteiger partial charge in [-0.1, -0.05) is 188 Å². The third-order valence-electron chi connectivity index (χ3n) is 14.3. The van der Waals surface area contributed by atoms with E-state index >= 15 is 0 Å². The zero-order chi connectivity index (χ0) is 42.6. The minimum Gasteiger partial charge on any atom is -0.310 e. The fourth-order valence-corrected chi connectivity index (χ4v) is 12.7. The van der Waals surface area contributed by atoms with Crippen LogP contribution in [0.3, 0.4) is 0 Å². The molecule has 0 amide bonds. The Hall–Kier alpha value is -8.04. The number of benzene rings is 11. The summed E-state index contributed by atoms with van der Waals surface area (Å²) >= 11 is 1.88. The average Bonchev–Trinajstić information content (AvgIpc) is 4.01. The Morgan fingerprint density at radius 2 is 0.769 bits per heavy atom. The maximum Gasteiger partial charge on any atom is 0.0726 e. The highest BCUT2D eigenvalue weighted by atomic mass is 32.1. The average molecular weight is 842 g/mol. The maximum atomic E-state index is 2.49. The quantitative estimate of drug-likeness (QED) is 0.167. The monoisotopic (exact) mass is 841 g/mol. The maximum absolute atomic E-state index is 2.49. The first-order valence-electron chi connectivity index (χ1n) is 22.5. The second-order valence-electron chi connectivity index (χ2n) is 17.5. The van der Waals surface area contributed by atoms with Crippen molar-refractivity contribution >= 4 is 70.1 Å². The Balaban J connectivity index is 0.961. The molecule has 0 saturated carbocycles. The summed E-state index contributed by atoms with van der Waals surface area (Å²) < 4.78 is 2.64. The Morgan fingerprint density at radius 3 is 1.43 bits per heavy atom. The van der Waals surface area contributed by atoms with Gasteiger partial charge in [-0.3, -0.25) is 0 Å². The van der Waals surface area contributed by atoms with Crippen LogP contribution in [-0.2, 0) is 5.41 Å². The van der Waals surface area contributed by atoms with Gasteiger partial charge in [-0.15, -0.1) is 11.3 Å². The van der Waals surface area contributed by atoms with Gasteiger partial charge in [0.25, 0.3) is 0 Å². The number of fused-ring (bicyclic) bond motifs is 16. The van der Waals surface area contributed by atoms with E-state index in [0.717, 1.165) is 17.1 Å². The molecule has 0 unspecified atom stereocenters. The summed E-state index contributed by atoms with van der Waals surface area (Å²) in [5.74, 6) is 0. The van der Waals surface area contributed by atoms with E-state index in [0.29, 0.717) is 0 Å². The highest BCUT2D eigenvalue weighted by Gasteiger charge is 2.51. The normalized spacial score (nSPS) is 13.0. The Morgan fingerprint density at radius 1 is 0.292 bits per heavy atom. The summed E-state index contributed by atoms with van der Waals surface area (Å²) in [6.07, 6.45) is 0. The molecule has 1 spiro atoms. The molecule has 0 aliphatic heterocycles. The predicted molar refractivity (Wildman–Crippen MR) is 276 cm³/mol. The van der Waals surface area contributed by atoms with E-state index in [2.05, 4.69) is 241 Å². The van der Waals surface area contributed by atoms with Crippen LogP contribution in [0.5, 0.6) is 0 Å². The third-order valence-corrected chi connectivity index (χ3v) is 15.4. The second-order valence-corrected chi connectivity index (χ2v) is 18.6. The number of anilines is 3. The molecule has 302 valence electrons. The van der Waals surface area contributed by atoms with E-state index in [-0.39, 0.29) is 0 Å². The Kier molecular flexibility index (Phi) is 7.84. The molecule has 0 bridgehead atoms. The SMILES string of the molecule is c1ccc2c(c1)-c1ccccc1C21c2ccccc2-c2ccc(N(c3ccc(-c4cccc5ccccc45)cc3)c3ccc(-c4cc5sc6ccccc6c5c5ccccc45)cc3)cc21. The molecule has 1 aromatic heterocycles. The van der Waals surface area contributed by atoms with Gasteiger partial charge < -0.3 is 4.90 Å². The van der Waals surface area contributed by atoms with Crippen molar-refractivity contribution in [1.82, 2.24) is 0 Å². The minimum absolute atomic E-state index is 0.435. The highest BCUT2D eigenvalue weighted by molar-refractivity contribution is 7.26.